The van der Waals surface area contributed by atoms with E-state index in [1.54, 1.807) is 12.1 Å². The normalized spacial score (nSPS) is 14.0. The van der Waals surface area contributed by atoms with E-state index in [1.165, 1.54) is 12.1 Å². The van der Waals surface area contributed by atoms with Crippen LogP contribution in [0.4, 0.5) is 4.39 Å². The largest absolute Gasteiger partial charge is 0.493 e. The average molecular weight is 296 g/mol. The molecule has 4 nitrogen and oxygen atoms in total. The summed E-state index contributed by atoms with van der Waals surface area (Å²) in [6.45, 7) is 6.27. The molecule has 0 aliphatic heterocycles. The zero-order valence-electron chi connectivity index (χ0n) is 13.0. The molecule has 0 aliphatic rings. The van der Waals surface area contributed by atoms with E-state index in [1.807, 2.05) is 20.8 Å². The van der Waals surface area contributed by atoms with Gasteiger partial charge in [0.05, 0.1) is 12.1 Å². The summed E-state index contributed by atoms with van der Waals surface area (Å²) in [6, 6.07) is 6.25. The summed E-state index contributed by atoms with van der Waals surface area (Å²) in [6.07, 6.45) is 2.22. The SMILES string of the molecule is CC(C)NC(C)(CCCCOc1cccc(F)c1)C(N)=O. The Kier molecular flexibility index (Phi) is 6.62. The van der Waals surface area contributed by atoms with Crippen LogP contribution in [0.5, 0.6) is 5.75 Å². The number of carbonyl (C=O) groups is 1. The maximum atomic E-state index is 13.0. The molecule has 1 aromatic rings. The fourth-order valence-corrected chi connectivity index (χ4v) is 2.23. The van der Waals surface area contributed by atoms with Crippen molar-refractivity contribution in [1.29, 1.82) is 0 Å². The van der Waals surface area contributed by atoms with Gasteiger partial charge in [-0.15, -0.1) is 0 Å². The predicted molar refractivity (Wildman–Crippen MR) is 81.6 cm³/mol. The van der Waals surface area contributed by atoms with Crippen molar-refractivity contribution in [2.24, 2.45) is 5.73 Å². The molecule has 1 amide bonds. The number of carbonyl (C=O) groups excluding carboxylic acids is 1. The fourth-order valence-electron chi connectivity index (χ4n) is 2.23. The molecule has 21 heavy (non-hydrogen) atoms. The summed E-state index contributed by atoms with van der Waals surface area (Å²) in [7, 11) is 0. The van der Waals surface area contributed by atoms with E-state index in [-0.39, 0.29) is 17.8 Å². The van der Waals surface area contributed by atoms with Crippen LogP contribution in [0.15, 0.2) is 24.3 Å². The second-order valence-electron chi connectivity index (χ2n) is 5.76. The number of amides is 1. The van der Waals surface area contributed by atoms with Crippen LogP contribution < -0.4 is 15.8 Å². The van der Waals surface area contributed by atoms with Crippen molar-refractivity contribution >= 4 is 5.91 Å². The standard InChI is InChI=1S/C16H25FN2O2/c1-12(2)19-16(3,15(18)20)9-4-5-10-21-14-8-6-7-13(17)11-14/h6-8,11-12,19H,4-5,9-10H2,1-3H3,(H2,18,20). The molecule has 1 aromatic carbocycles. The van der Waals surface area contributed by atoms with Gasteiger partial charge in [-0.2, -0.15) is 0 Å². The molecular formula is C16H25FN2O2. The number of hydrogen-bond donors (Lipinski definition) is 2. The second kappa shape index (κ2) is 7.98. The lowest BCUT2D eigenvalue weighted by atomic mass is 9.93. The van der Waals surface area contributed by atoms with E-state index in [9.17, 15) is 9.18 Å². The maximum absolute atomic E-state index is 13.0. The lowest BCUT2D eigenvalue weighted by Crippen LogP contribution is -2.55. The van der Waals surface area contributed by atoms with Gasteiger partial charge in [-0.25, -0.2) is 4.39 Å². The third-order valence-corrected chi connectivity index (χ3v) is 3.29. The molecule has 1 atom stereocenters. The molecule has 0 saturated heterocycles. The molecule has 0 fully saturated rings. The Balaban J connectivity index is 2.33. The molecule has 0 radical (unpaired) electrons. The summed E-state index contributed by atoms with van der Waals surface area (Å²) < 4.78 is 18.4. The Morgan fingerprint density at radius 1 is 1.43 bits per heavy atom. The fraction of sp³-hybridized carbons (Fsp3) is 0.562. The van der Waals surface area contributed by atoms with E-state index in [0.29, 0.717) is 18.8 Å². The topological polar surface area (TPSA) is 64.3 Å². The molecule has 5 heteroatoms. The van der Waals surface area contributed by atoms with Gasteiger partial charge in [0.2, 0.25) is 5.91 Å². The minimum Gasteiger partial charge on any atom is -0.493 e. The monoisotopic (exact) mass is 296 g/mol. The van der Waals surface area contributed by atoms with Crippen LogP contribution in [-0.2, 0) is 4.79 Å². The number of ether oxygens (including phenoxy) is 1. The molecule has 0 bridgehead atoms. The Labute approximate surface area is 125 Å². The molecule has 0 aromatic heterocycles. The number of halogens is 1. The van der Waals surface area contributed by atoms with Crippen molar-refractivity contribution < 1.29 is 13.9 Å². The van der Waals surface area contributed by atoms with E-state index in [0.717, 1.165) is 12.8 Å². The lowest BCUT2D eigenvalue weighted by molar-refractivity contribution is -0.124. The van der Waals surface area contributed by atoms with Gasteiger partial charge in [0.15, 0.2) is 0 Å². The van der Waals surface area contributed by atoms with Gasteiger partial charge >= 0.3 is 0 Å². The third kappa shape index (κ3) is 6.12. The van der Waals surface area contributed by atoms with E-state index in [2.05, 4.69) is 5.32 Å². The van der Waals surface area contributed by atoms with Gasteiger partial charge in [0, 0.05) is 12.1 Å². The van der Waals surface area contributed by atoms with Crippen LogP contribution in [0.2, 0.25) is 0 Å². The number of benzene rings is 1. The molecule has 0 aliphatic carbocycles. The van der Waals surface area contributed by atoms with Crippen molar-refractivity contribution in [3.63, 3.8) is 0 Å². The van der Waals surface area contributed by atoms with Crippen LogP contribution in [0.25, 0.3) is 0 Å². The van der Waals surface area contributed by atoms with Gasteiger partial charge in [0.25, 0.3) is 0 Å². The minimum atomic E-state index is -0.701. The Hall–Kier alpha value is -1.62. The minimum absolute atomic E-state index is 0.186. The Bertz CT molecular complexity index is 465. The average Bonchev–Trinajstić information content (AvgIpc) is 2.37. The summed E-state index contributed by atoms with van der Waals surface area (Å²) in [5.41, 5.74) is 4.77. The highest BCUT2D eigenvalue weighted by molar-refractivity contribution is 5.84. The van der Waals surface area contributed by atoms with Gasteiger partial charge < -0.3 is 15.8 Å². The Morgan fingerprint density at radius 3 is 2.71 bits per heavy atom. The van der Waals surface area contributed by atoms with Crippen LogP contribution in [0.1, 0.15) is 40.0 Å². The summed E-state index contributed by atoms with van der Waals surface area (Å²) in [5, 5.41) is 3.21. The van der Waals surface area contributed by atoms with Crippen molar-refractivity contribution in [2.45, 2.75) is 51.6 Å². The van der Waals surface area contributed by atoms with Gasteiger partial charge in [0.1, 0.15) is 11.6 Å². The zero-order valence-corrected chi connectivity index (χ0v) is 13.0. The van der Waals surface area contributed by atoms with Gasteiger partial charge in [-0.05, 0) is 52.2 Å². The van der Waals surface area contributed by atoms with Crippen LogP contribution in [-0.4, -0.2) is 24.1 Å². The number of unbranched alkanes of at least 4 members (excludes halogenated alkanes) is 1. The molecule has 0 spiro atoms. The van der Waals surface area contributed by atoms with Crippen molar-refractivity contribution in [3.05, 3.63) is 30.1 Å². The Morgan fingerprint density at radius 2 is 2.14 bits per heavy atom. The first kappa shape index (κ1) is 17.4. The maximum Gasteiger partial charge on any atom is 0.237 e. The lowest BCUT2D eigenvalue weighted by Gasteiger charge is -2.29. The van der Waals surface area contributed by atoms with Crippen molar-refractivity contribution in [2.75, 3.05) is 6.61 Å². The number of hydrogen-bond acceptors (Lipinski definition) is 3. The summed E-state index contributed by atoms with van der Waals surface area (Å²) in [5.74, 6) is -0.134. The molecule has 0 saturated carbocycles. The number of nitrogens with one attached hydrogen (secondary N) is 1. The number of primary amides is 1. The van der Waals surface area contributed by atoms with E-state index >= 15 is 0 Å². The molecule has 3 N–H and O–H groups in total. The third-order valence-electron chi connectivity index (χ3n) is 3.29. The highest BCUT2D eigenvalue weighted by Gasteiger charge is 2.30. The number of rotatable bonds is 9. The molecule has 1 rings (SSSR count). The zero-order chi connectivity index (χ0) is 15.9. The predicted octanol–water partition coefficient (Wildman–Crippen LogP) is 2.62. The first-order valence-electron chi connectivity index (χ1n) is 7.29. The first-order chi connectivity index (χ1) is 9.83. The number of nitrogens with two attached hydrogens (primary N) is 1. The van der Waals surface area contributed by atoms with Gasteiger partial charge in [-0.3, -0.25) is 4.79 Å². The molecule has 1 unspecified atom stereocenters. The van der Waals surface area contributed by atoms with Crippen molar-refractivity contribution in [1.82, 2.24) is 5.32 Å². The van der Waals surface area contributed by atoms with Crippen LogP contribution in [0.3, 0.4) is 0 Å². The van der Waals surface area contributed by atoms with Crippen LogP contribution >= 0.6 is 0 Å². The van der Waals surface area contributed by atoms with E-state index < -0.39 is 5.54 Å². The van der Waals surface area contributed by atoms with E-state index in [4.69, 9.17) is 10.5 Å². The van der Waals surface area contributed by atoms with Crippen LogP contribution in [0, 0.1) is 5.82 Å². The molecule has 118 valence electrons. The molecule has 0 heterocycles. The first-order valence-corrected chi connectivity index (χ1v) is 7.29. The smallest absolute Gasteiger partial charge is 0.237 e. The van der Waals surface area contributed by atoms with Crippen molar-refractivity contribution in [3.8, 4) is 5.75 Å². The summed E-state index contributed by atoms with van der Waals surface area (Å²) >= 11 is 0. The quantitative estimate of drug-likeness (QED) is 0.688. The van der Waals surface area contributed by atoms with Gasteiger partial charge in [-0.1, -0.05) is 6.07 Å². The highest BCUT2D eigenvalue weighted by atomic mass is 19.1. The molecular weight excluding hydrogens is 271 g/mol. The second-order valence-corrected chi connectivity index (χ2v) is 5.76. The highest BCUT2D eigenvalue weighted by Crippen LogP contribution is 2.16. The summed E-state index contributed by atoms with van der Waals surface area (Å²) in [4.78, 5) is 11.6.